The van der Waals surface area contributed by atoms with Gasteiger partial charge in [0, 0.05) is 57.2 Å². The van der Waals surface area contributed by atoms with Crippen LogP contribution < -0.4 is 10.6 Å². The molecule has 2 N–H and O–H groups in total. The fraction of sp³-hybridized carbons (Fsp3) is 0.850. The number of aliphatic imine (C=N–C) groups is 1. The maximum Gasteiger partial charge on any atom is 0.191 e. The van der Waals surface area contributed by atoms with Crippen LogP contribution in [0.1, 0.15) is 33.0 Å². The molecule has 0 aromatic carbocycles. The van der Waals surface area contributed by atoms with Crippen LogP contribution in [-0.4, -0.2) is 90.3 Å². The zero-order valence-corrected chi connectivity index (χ0v) is 18.2. The summed E-state index contributed by atoms with van der Waals surface area (Å²) in [5, 5.41) is 15.2. The molecule has 2 saturated heterocycles. The van der Waals surface area contributed by atoms with Gasteiger partial charge in [0.15, 0.2) is 5.96 Å². The molecule has 164 valence electrons. The normalized spacial score (nSPS) is 21.5. The molecule has 0 saturated carbocycles. The van der Waals surface area contributed by atoms with Crippen molar-refractivity contribution in [3.8, 4) is 0 Å². The monoisotopic (exact) mass is 407 g/mol. The molecule has 1 aromatic heterocycles. The van der Waals surface area contributed by atoms with E-state index < -0.39 is 0 Å². The van der Waals surface area contributed by atoms with Gasteiger partial charge < -0.3 is 24.7 Å². The van der Waals surface area contributed by atoms with E-state index in [9.17, 15) is 0 Å². The third kappa shape index (κ3) is 6.65. The van der Waals surface area contributed by atoms with Crippen molar-refractivity contribution in [3.63, 3.8) is 0 Å². The lowest BCUT2D eigenvalue weighted by molar-refractivity contribution is -0.00684. The maximum atomic E-state index is 5.50. The molecule has 1 aromatic rings. The maximum absolute atomic E-state index is 5.50. The molecule has 0 spiro atoms. The van der Waals surface area contributed by atoms with E-state index >= 15 is 0 Å². The van der Waals surface area contributed by atoms with Crippen LogP contribution in [0, 0.1) is 5.92 Å². The van der Waals surface area contributed by atoms with E-state index in [0.717, 1.165) is 90.3 Å². The highest BCUT2D eigenvalue weighted by atomic mass is 16.5. The number of guanidine groups is 1. The third-order valence-corrected chi connectivity index (χ3v) is 5.73. The van der Waals surface area contributed by atoms with Gasteiger partial charge in [-0.25, -0.2) is 0 Å². The van der Waals surface area contributed by atoms with E-state index in [4.69, 9.17) is 14.5 Å². The third-order valence-electron chi connectivity index (χ3n) is 5.73. The van der Waals surface area contributed by atoms with Gasteiger partial charge in [0.25, 0.3) is 0 Å². The predicted octanol–water partition coefficient (Wildman–Crippen LogP) is 0.523. The minimum absolute atomic E-state index is 0.00148. The minimum Gasteiger partial charge on any atom is -0.381 e. The summed E-state index contributed by atoms with van der Waals surface area (Å²) in [5.74, 6) is 2.43. The second-order valence-electron chi connectivity index (χ2n) is 8.41. The standard InChI is InChI=1S/C20H37N7O2/c1-4-18-25-24-16-26(18)7-6-21-19(22-13-17-5-10-29-14-17)23-15-20(2,3)27-8-11-28-12-9-27/h16-17H,4-15H2,1-3H3,(H2,21,22,23). The molecule has 3 heterocycles. The molecular weight excluding hydrogens is 370 g/mol. The van der Waals surface area contributed by atoms with Crippen LogP contribution in [0.15, 0.2) is 11.3 Å². The van der Waals surface area contributed by atoms with Gasteiger partial charge in [-0.05, 0) is 20.3 Å². The first-order valence-electron chi connectivity index (χ1n) is 10.9. The van der Waals surface area contributed by atoms with Crippen LogP contribution in [0.5, 0.6) is 0 Å². The lowest BCUT2D eigenvalue weighted by atomic mass is 10.0. The molecule has 3 rings (SSSR count). The van der Waals surface area contributed by atoms with Crippen LogP contribution in [0.4, 0.5) is 0 Å². The molecule has 1 unspecified atom stereocenters. The minimum atomic E-state index is -0.00148. The van der Waals surface area contributed by atoms with Crippen molar-refractivity contribution in [2.45, 2.75) is 45.7 Å². The number of nitrogens with zero attached hydrogens (tertiary/aromatic N) is 5. The molecule has 0 bridgehead atoms. The summed E-state index contributed by atoms with van der Waals surface area (Å²) in [7, 11) is 0. The lowest BCUT2D eigenvalue weighted by Crippen LogP contribution is -2.52. The van der Waals surface area contributed by atoms with Crippen LogP contribution >= 0.6 is 0 Å². The quantitative estimate of drug-likeness (QED) is 0.456. The second-order valence-corrected chi connectivity index (χ2v) is 8.41. The van der Waals surface area contributed by atoms with E-state index in [1.807, 2.05) is 0 Å². The predicted molar refractivity (Wildman–Crippen MR) is 113 cm³/mol. The number of morpholine rings is 1. The fourth-order valence-electron chi connectivity index (χ4n) is 3.74. The summed E-state index contributed by atoms with van der Waals surface area (Å²) < 4.78 is 13.1. The zero-order chi connectivity index (χ0) is 20.5. The number of aromatic nitrogens is 3. The topological polar surface area (TPSA) is 88.8 Å². The number of nitrogens with one attached hydrogen (secondary N) is 2. The van der Waals surface area contributed by atoms with Gasteiger partial charge in [-0.3, -0.25) is 9.89 Å². The first kappa shape index (κ1) is 22.0. The summed E-state index contributed by atoms with van der Waals surface area (Å²) in [6.07, 6.45) is 3.79. The van der Waals surface area contributed by atoms with Gasteiger partial charge in [-0.1, -0.05) is 6.92 Å². The molecule has 2 aliphatic rings. The molecule has 0 aliphatic carbocycles. The molecular formula is C20H37N7O2. The Morgan fingerprint density at radius 2 is 2.07 bits per heavy atom. The van der Waals surface area contributed by atoms with Crippen molar-refractivity contribution in [1.29, 1.82) is 0 Å². The lowest BCUT2D eigenvalue weighted by Gasteiger charge is -2.40. The van der Waals surface area contributed by atoms with Gasteiger partial charge >= 0.3 is 0 Å². The Morgan fingerprint density at radius 3 is 2.79 bits per heavy atom. The van der Waals surface area contributed by atoms with Gasteiger partial charge in [0.2, 0.25) is 0 Å². The molecule has 0 radical (unpaired) electrons. The first-order valence-corrected chi connectivity index (χ1v) is 10.9. The summed E-state index contributed by atoms with van der Waals surface area (Å²) >= 11 is 0. The Kier molecular flexibility index (Phi) is 8.26. The molecule has 2 fully saturated rings. The van der Waals surface area contributed by atoms with Gasteiger partial charge in [0.05, 0.1) is 26.4 Å². The van der Waals surface area contributed by atoms with Crippen molar-refractivity contribution in [3.05, 3.63) is 12.2 Å². The van der Waals surface area contributed by atoms with Crippen LogP contribution in [-0.2, 0) is 22.4 Å². The highest BCUT2D eigenvalue weighted by molar-refractivity contribution is 5.79. The zero-order valence-electron chi connectivity index (χ0n) is 18.2. The second kappa shape index (κ2) is 10.9. The average Bonchev–Trinajstić information content (AvgIpc) is 3.42. The molecule has 9 heteroatoms. The molecule has 29 heavy (non-hydrogen) atoms. The first-order chi connectivity index (χ1) is 14.1. The molecule has 1 atom stereocenters. The number of rotatable bonds is 9. The Balaban J connectivity index is 1.55. The number of hydrogen-bond donors (Lipinski definition) is 2. The van der Waals surface area contributed by atoms with Crippen molar-refractivity contribution in [2.75, 3.05) is 59.2 Å². The highest BCUT2D eigenvalue weighted by Crippen LogP contribution is 2.16. The Hall–Kier alpha value is -1.71. The summed E-state index contributed by atoms with van der Waals surface area (Å²) in [5.41, 5.74) is -0.00148. The highest BCUT2D eigenvalue weighted by Gasteiger charge is 2.28. The summed E-state index contributed by atoms with van der Waals surface area (Å²) in [4.78, 5) is 7.39. The van der Waals surface area contributed by atoms with Crippen molar-refractivity contribution in [2.24, 2.45) is 10.9 Å². The summed E-state index contributed by atoms with van der Waals surface area (Å²) in [6.45, 7) is 15.1. The largest absolute Gasteiger partial charge is 0.381 e. The van der Waals surface area contributed by atoms with Gasteiger partial charge in [-0.2, -0.15) is 0 Å². The Morgan fingerprint density at radius 1 is 1.24 bits per heavy atom. The van der Waals surface area contributed by atoms with E-state index in [1.54, 1.807) is 6.33 Å². The van der Waals surface area contributed by atoms with E-state index in [2.05, 4.69) is 51.1 Å². The summed E-state index contributed by atoms with van der Waals surface area (Å²) in [6, 6.07) is 0. The van der Waals surface area contributed by atoms with E-state index in [-0.39, 0.29) is 5.54 Å². The molecule has 9 nitrogen and oxygen atoms in total. The van der Waals surface area contributed by atoms with Crippen LogP contribution in [0.3, 0.4) is 0 Å². The smallest absolute Gasteiger partial charge is 0.191 e. The van der Waals surface area contributed by atoms with Crippen molar-refractivity contribution < 1.29 is 9.47 Å². The molecule has 0 amide bonds. The Bertz CT molecular complexity index is 635. The number of aryl methyl sites for hydroxylation is 1. The van der Waals surface area contributed by atoms with Gasteiger partial charge in [-0.15, -0.1) is 10.2 Å². The molecule has 2 aliphatic heterocycles. The van der Waals surface area contributed by atoms with Gasteiger partial charge in [0.1, 0.15) is 12.2 Å². The van der Waals surface area contributed by atoms with Crippen LogP contribution in [0.25, 0.3) is 0 Å². The van der Waals surface area contributed by atoms with E-state index in [1.165, 1.54) is 0 Å². The van der Waals surface area contributed by atoms with Crippen molar-refractivity contribution in [1.82, 2.24) is 30.3 Å². The SMILES string of the molecule is CCc1nncn1CCNC(=NCC(C)(C)N1CCOCC1)NCC1CCOC1. The van der Waals surface area contributed by atoms with Crippen LogP contribution in [0.2, 0.25) is 0 Å². The number of ether oxygens (including phenoxy) is 2. The number of hydrogen-bond acceptors (Lipinski definition) is 6. The Labute approximate surface area is 174 Å². The fourth-order valence-corrected chi connectivity index (χ4v) is 3.74. The van der Waals surface area contributed by atoms with Crippen molar-refractivity contribution >= 4 is 5.96 Å². The van der Waals surface area contributed by atoms with E-state index in [0.29, 0.717) is 5.92 Å². The average molecular weight is 408 g/mol.